The molecule has 0 aromatic heterocycles. The van der Waals surface area contributed by atoms with Crippen LogP contribution in [-0.4, -0.2) is 41.0 Å². The van der Waals surface area contributed by atoms with E-state index >= 15 is 0 Å². The van der Waals surface area contributed by atoms with E-state index in [0.717, 1.165) is 6.67 Å². The first-order valence-corrected chi connectivity index (χ1v) is 3.95. The molecule has 0 aromatic rings. The highest BCUT2D eigenvalue weighted by atomic mass is 28.1. The number of hydrogen-bond donors (Lipinski definition) is 0. The van der Waals surface area contributed by atoms with Crippen LogP contribution in [-0.2, 0) is 0 Å². The Kier molecular flexibility index (Phi) is 5.03. The van der Waals surface area contributed by atoms with Crippen LogP contribution in [0.25, 0.3) is 0 Å². The van der Waals surface area contributed by atoms with Gasteiger partial charge in [-0.05, 0) is 17.4 Å². The van der Waals surface area contributed by atoms with E-state index in [0.29, 0.717) is 0 Å². The van der Waals surface area contributed by atoms with Crippen LogP contribution in [0.2, 0.25) is 0 Å². The molecule has 0 amide bonds. The van der Waals surface area contributed by atoms with Gasteiger partial charge in [-0.15, -0.1) is 0 Å². The maximum absolute atomic E-state index is 2.34. The van der Waals surface area contributed by atoms with Crippen molar-refractivity contribution in [3.05, 3.63) is 12.4 Å². The molecule has 1 aliphatic heterocycles. The average Bonchev–Trinajstić information content (AvgIpc) is 2.31. The standard InChI is InChI=1S/C8H16N2.H4Si/c1-3-4-5-10-7-6-9(2)8-10;/h6-7H,3-5,8H2,1-2H3;1H4. The van der Waals surface area contributed by atoms with E-state index in [9.17, 15) is 0 Å². The van der Waals surface area contributed by atoms with Gasteiger partial charge in [-0.1, -0.05) is 13.3 Å². The predicted molar refractivity (Wildman–Crippen MR) is 54.7 cm³/mol. The van der Waals surface area contributed by atoms with Crippen molar-refractivity contribution in [3.63, 3.8) is 0 Å². The Labute approximate surface area is 73.9 Å². The van der Waals surface area contributed by atoms with Gasteiger partial charge in [0.1, 0.15) is 0 Å². The largest absolute Gasteiger partial charge is 0.362 e. The summed E-state index contributed by atoms with van der Waals surface area (Å²) >= 11 is 0. The third-order valence-electron chi connectivity index (χ3n) is 1.74. The molecule has 0 saturated carbocycles. The molecule has 3 heteroatoms. The minimum Gasteiger partial charge on any atom is -0.362 e. The summed E-state index contributed by atoms with van der Waals surface area (Å²) in [6.07, 6.45) is 6.87. The molecule has 0 spiro atoms. The van der Waals surface area contributed by atoms with Crippen molar-refractivity contribution in [3.8, 4) is 0 Å². The van der Waals surface area contributed by atoms with Gasteiger partial charge in [-0.2, -0.15) is 0 Å². The highest BCUT2D eigenvalue weighted by Crippen LogP contribution is 2.04. The molecule has 1 aliphatic rings. The van der Waals surface area contributed by atoms with Gasteiger partial charge in [0, 0.05) is 26.0 Å². The normalized spacial score (nSPS) is 15.5. The van der Waals surface area contributed by atoms with Gasteiger partial charge in [0.2, 0.25) is 0 Å². The molecule has 0 radical (unpaired) electrons. The summed E-state index contributed by atoms with van der Waals surface area (Å²) in [5.41, 5.74) is 0. The van der Waals surface area contributed by atoms with Crippen molar-refractivity contribution >= 4 is 11.0 Å². The summed E-state index contributed by atoms with van der Waals surface area (Å²) in [6, 6.07) is 0. The molecule has 11 heavy (non-hydrogen) atoms. The van der Waals surface area contributed by atoms with Gasteiger partial charge in [0.05, 0.1) is 6.67 Å². The van der Waals surface area contributed by atoms with Crippen LogP contribution in [0, 0.1) is 0 Å². The Morgan fingerprint density at radius 2 is 2.09 bits per heavy atom. The van der Waals surface area contributed by atoms with E-state index in [2.05, 4.69) is 36.2 Å². The maximum Gasteiger partial charge on any atom is 0.0890 e. The van der Waals surface area contributed by atoms with Crippen LogP contribution in [0.4, 0.5) is 0 Å². The maximum atomic E-state index is 2.34. The zero-order chi connectivity index (χ0) is 7.40. The van der Waals surface area contributed by atoms with Gasteiger partial charge in [0.15, 0.2) is 0 Å². The van der Waals surface area contributed by atoms with E-state index in [1.165, 1.54) is 19.4 Å². The first-order chi connectivity index (χ1) is 4.83. The summed E-state index contributed by atoms with van der Waals surface area (Å²) in [4.78, 5) is 4.53. The van der Waals surface area contributed by atoms with Crippen molar-refractivity contribution in [2.24, 2.45) is 0 Å². The third-order valence-corrected chi connectivity index (χ3v) is 1.74. The van der Waals surface area contributed by atoms with Crippen molar-refractivity contribution in [1.82, 2.24) is 9.80 Å². The fraction of sp³-hybridized carbons (Fsp3) is 0.750. The van der Waals surface area contributed by atoms with Crippen LogP contribution in [0.5, 0.6) is 0 Å². The zero-order valence-corrected chi connectivity index (χ0v) is 6.88. The SMILES string of the molecule is CCCCN1C=CN(C)C1.[SiH4]. The number of unbranched alkanes of at least 4 members (excludes halogenated alkanes) is 1. The Hall–Kier alpha value is -0.443. The van der Waals surface area contributed by atoms with Crippen LogP contribution in [0.1, 0.15) is 19.8 Å². The van der Waals surface area contributed by atoms with E-state index in [1.807, 2.05) is 0 Å². The molecule has 0 fully saturated rings. The van der Waals surface area contributed by atoms with Gasteiger partial charge in [-0.3, -0.25) is 0 Å². The quantitative estimate of drug-likeness (QED) is 0.554. The Morgan fingerprint density at radius 3 is 2.55 bits per heavy atom. The lowest BCUT2D eigenvalue weighted by atomic mass is 10.3. The highest BCUT2D eigenvalue weighted by Gasteiger charge is 2.05. The van der Waals surface area contributed by atoms with Crippen molar-refractivity contribution < 1.29 is 0 Å². The molecule has 66 valence electrons. The zero-order valence-electron chi connectivity index (χ0n) is 6.88. The van der Waals surface area contributed by atoms with Crippen LogP contribution in [0.15, 0.2) is 12.4 Å². The number of nitrogens with zero attached hydrogens (tertiary/aromatic N) is 2. The first kappa shape index (κ1) is 10.6. The predicted octanol–water partition coefficient (Wildman–Crippen LogP) is 0.0110. The summed E-state index contributed by atoms with van der Waals surface area (Å²) in [6.45, 7) is 4.50. The molecular formula is C8H20N2Si. The molecule has 0 aliphatic carbocycles. The Morgan fingerprint density at radius 1 is 1.36 bits per heavy atom. The van der Waals surface area contributed by atoms with Gasteiger partial charge in [-0.25, -0.2) is 0 Å². The molecule has 1 rings (SSSR count). The summed E-state index contributed by atoms with van der Waals surface area (Å²) in [5, 5.41) is 0. The lowest BCUT2D eigenvalue weighted by Gasteiger charge is -2.17. The average molecular weight is 172 g/mol. The van der Waals surface area contributed by atoms with Crippen molar-refractivity contribution in [2.45, 2.75) is 19.8 Å². The van der Waals surface area contributed by atoms with Gasteiger partial charge >= 0.3 is 0 Å². The van der Waals surface area contributed by atoms with E-state index in [-0.39, 0.29) is 11.0 Å². The fourth-order valence-electron chi connectivity index (χ4n) is 1.10. The molecule has 2 nitrogen and oxygen atoms in total. The molecule has 0 aromatic carbocycles. The Balaban J connectivity index is 0.000001000. The van der Waals surface area contributed by atoms with Crippen molar-refractivity contribution in [1.29, 1.82) is 0 Å². The first-order valence-electron chi connectivity index (χ1n) is 3.95. The monoisotopic (exact) mass is 172 g/mol. The van der Waals surface area contributed by atoms with Crippen LogP contribution >= 0.6 is 0 Å². The minimum absolute atomic E-state index is 0. The number of hydrogen-bond acceptors (Lipinski definition) is 2. The minimum atomic E-state index is 0. The van der Waals surface area contributed by atoms with Gasteiger partial charge < -0.3 is 9.80 Å². The molecule has 0 atom stereocenters. The second kappa shape index (κ2) is 5.24. The summed E-state index contributed by atoms with van der Waals surface area (Å²) in [5.74, 6) is 0. The molecule has 0 saturated heterocycles. The van der Waals surface area contributed by atoms with Crippen molar-refractivity contribution in [2.75, 3.05) is 20.3 Å². The fourth-order valence-corrected chi connectivity index (χ4v) is 1.10. The summed E-state index contributed by atoms with van der Waals surface area (Å²) in [7, 11) is 2.10. The van der Waals surface area contributed by atoms with E-state index in [1.54, 1.807) is 0 Å². The lowest BCUT2D eigenvalue weighted by molar-refractivity contribution is 0.293. The van der Waals surface area contributed by atoms with Gasteiger partial charge in [0.25, 0.3) is 0 Å². The smallest absolute Gasteiger partial charge is 0.0890 e. The molecule has 1 heterocycles. The second-order valence-corrected chi connectivity index (χ2v) is 2.86. The third kappa shape index (κ3) is 3.46. The molecular weight excluding hydrogens is 152 g/mol. The molecule has 0 unspecified atom stereocenters. The topological polar surface area (TPSA) is 6.48 Å². The molecule has 0 bridgehead atoms. The lowest BCUT2D eigenvalue weighted by Crippen LogP contribution is -2.23. The Bertz CT molecular complexity index is 125. The highest BCUT2D eigenvalue weighted by molar-refractivity contribution is 5.75. The summed E-state index contributed by atoms with van der Waals surface area (Å²) < 4.78 is 0. The van der Waals surface area contributed by atoms with E-state index in [4.69, 9.17) is 0 Å². The van der Waals surface area contributed by atoms with Crippen LogP contribution < -0.4 is 0 Å². The number of rotatable bonds is 3. The second-order valence-electron chi connectivity index (χ2n) is 2.86. The molecule has 0 N–H and O–H groups in total. The van der Waals surface area contributed by atoms with E-state index < -0.39 is 0 Å². The van der Waals surface area contributed by atoms with Crippen LogP contribution in [0.3, 0.4) is 0 Å².